The molecule has 1 unspecified atom stereocenters. The zero-order chi connectivity index (χ0) is 13.4. The lowest BCUT2D eigenvalue weighted by Crippen LogP contribution is -1.95. The van der Waals surface area contributed by atoms with E-state index < -0.39 is 0 Å². The smallest absolute Gasteiger partial charge is 0.119 e. The van der Waals surface area contributed by atoms with Crippen LogP contribution in [0.1, 0.15) is 75.8 Å². The summed E-state index contributed by atoms with van der Waals surface area (Å²) in [4.78, 5) is 0. The number of aryl methyl sites for hydroxylation is 1. The van der Waals surface area contributed by atoms with Crippen LogP contribution in [0.25, 0.3) is 0 Å². The van der Waals surface area contributed by atoms with Gasteiger partial charge in [-0.15, -0.1) is 0 Å². The molecule has 0 aliphatic carbocycles. The second-order valence-corrected chi connectivity index (χ2v) is 5.52. The minimum atomic E-state index is 0.457. The van der Waals surface area contributed by atoms with E-state index in [0.29, 0.717) is 11.7 Å². The molecule has 1 nitrogen and oxygen atoms in total. The van der Waals surface area contributed by atoms with Crippen molar-refractivity contribution >= 4 is 0 Å². The van der Waals surface area contributed by atoms with Crippen molar-refractivity contribution in [3.63, 3.8) is 0 Å². The molecule has 0 bridgehead atoms. The molecule has 0 saturated heterocycles. The van der Waals surface area contributed by atoms with E-state index in [9.17, 15) is 5.11 Å². The lowest BCUT2D eigenvalue weighted by Gasteiger charge is -2.14. The van der Waals surface area contributed by atoms with Crippen molar-refractivity contribution in [2.45, 2.75) is 71.6 Å². The van der Waals surface area contributed by atoms with Gasteiger partial charge < -0.3 is 5.11 Å². The second-order valence-electron chi connectivity index (χ2n) is 5.52. The summed E-state index contributed by atoms with van der Waals surface area (Å²) in [5, 5.41) is 9.88. The first-order valence-corrected chi connectivity index (χ1v) is 7.44. The molecule has 1 atom stereocenters. The molecule has 1 aromatic rings. The summed E-state index contributed by atoms with van der Waals surface area (Å²) in [5.74, 6) is 0.926. The highest BCUT2D eigenvalue weighted by molar-refractivity contribution is 5.37. The highest BCUT2D eigenvalue weighted by atomic mass is 16.3. The normalized spacial score (nSPS) is 12.6. The summed E-state index contributed by atoms with van der Waals surface area (Å²) in [7, 11) is 0. The molecule has 0 aliphatic heterocycles. The Hall–Kier alpha value is -0.980. The number of hydrogen-bond donors (Lipinski definition) is 1. The zero-order valence-corrected chi connectivity index (χ0v) is 12.2. The van der Waals surface area contributed by atoms with E-state index >= 15 is 0 Å². The van der Waals surface area contributed by atoms with Gasteiger partial charge in [0.15, 0.2) is 0 Å². The van der Waals surface area contributed by atoms with Crippen LogP contribution in [0.5, 0.6) is 5.75 Å². The van der Waals surface area contributed by atoms with Crippen LogP contribution < -0.4 is 0 Å². The SMILES string of the molecule is CCCCCCCCC(C)c1cc(C)ccc1O. The van der Waals surface area contributed by atoms with Crippen molar-refractivity contribution in [2.75, 3.05) is 0 Å². The standard InChI is InChI=1S/C17H28O/c1-4-5-6-7-8-9-10-15(3)16-13-14(2)11-12-17(16)18/h11-13,15,18H,4-10H2,1-3H3. The molecule has 0 heterocycles. The van der Waals surface area contributed by atoms with Crippen molar-refractivity contribution in [3.8, 4) is 5.75 Å². The Morgan fingerprint density at radius 1 is 1.06 bits per heavy atom. The van der Waals surface area contributed by atoms with Gasteiger partial charge in [-0.3, -0.25) is 0 Å². The third-order valence-corrected chi connectivity index (χ3v) is 3.70. The molecule has 0 spiro atoms. The maximum absolute atomic E-state index is 9.88. The molecule has 1 aromatic carbocycles. The summed E-state index contributed by atoms with van der Waals surface area (Å²) in [6.07, 6.45) is 9.21. The summed E-state index contributed by atoms with van der Waals surface area (Å²) in [5.41, 5.74) is 2.35. The van der Waals surface area contributed by atoms with Gasteiger partial charge in [0.05, 0.1) is 0 Å². The van der Waals surface area contributed by atoms with Gasteiger partial charge in [0.1, 0.15) is 5.75 Å². The summed E-state index contributed by atoms with van der Waals surface area (Å²) in [6.45, 7) is 6.56. The molecular weight excluding hydrogens is 220 g/mol. The van der Waals surface area contributed by atoms with E-state index in [0.717, 1.165) is 5.56 Å². The Kier molecular flexibility index (Phi) is 6.85. The van der Waals surface area contributed by atoms with Crippen LogP contribution >= 0.6 is 0 Å². The first kappa shape index (κ1) is 15.1. The van der Waals surface area contributed by atoms with Crippen molar-refractivity contribution < 1.29 is 5.11 Å². The predicted octanol–water partition coefficient (Wildman–Crippen LogP) is 5.55. The molecule has 18 heavy (non-hydrogen) atoms. The Labute approximate surface area is 112 Å². The Bertz CT molecular complexity index is 343. The molecule has 102 valence electrons. The number of unbranched alkanes of at least 4 members (excludes halogenated alkanes) is 5. The Balaban J connectivity index is 2.31. The number of aromatic hydroxyl groups is 1. The molecule has 0 radical (unpaired) electrons. The number of phenols is 1. The fourth-order valence-corrected chi connectivity index (χ4v) is 2.46. The summed E-state index contributed by atoms with van der Waals surface area (Å²) in [6, 6.07) is 5.91. The van der Waals surface area contributed by atoms with Gasteiger partial charge in [-0.1, -0.05) is 70.1 Å². The number of hydrogen-bond acceptors (Lipinski definition) is 1. The maximum atomic E-state index is 9.88. The van der Waals surface area contributed by atoms with Gasteiger partial charge in [0.25, 0.3) is 0 Å². The molecule has 0 amide bonds. The minimum absolute atomic E-state index is 0.457. The summed E-state index contributed by atoms with van der Waals surface area (Å²) < 4.78 is 0. The van der Waals surface area contributed by atoms with Crippen LogP contribution in [0.3, 0.4) is 0 Å². The highest BCUT2D eigenvalue weighted by Crippen LogP contribution is 2.30. The highest BCUT2D eigenvalue weighted by Gasteiger charge is 2.10. The van der Waals surface area contributed by atoms with E-state index in [4.69, 9.17) is 0 Å². The van der Waals surface area contributed by atoms with Crippen LogP contribution in [0, 0.1) is 6.92 Å². The fraction of sp³-hybridized carbons (Fsp3) is 0.647. The lowest BCUT2D eigenvalue weighted by atomic mass is 9.93. The van der Waals surface area contributed by atoms with E-state index in [-0.39, 0.29) is 0 Å². The van der Waals surface area contributed by atoms with Gasteiger partial charge in [0.2, 0.25) is 0 Å². The van der Waals surface area contributed by atoms with Gasteiger partial charge in [0, 0.05) is 0 Å². The van der Waals surface area contributed by atoms with Gasteiger partial charge in [-0.25, -0.2) is 0 Å². The monoisotopic (exact) mass is 248 g/mol. The first-order valence-electron chi connectivity index (χ1n) is 7.44. The van der Waals surface area contributed by atoms with Crippen molar-refractivity contribution in [1.29, 1.82) is 0 Å². The van der Waals surface area contributed by atoms with Gasteiger partial charge in [-0.05, 0) is 30.9 Å². The van der Waals surface area contributed by atoms with E-state index in [1.165, 1.54) is 50.5 Å². The van der Waals surface area contributed by atoms with Crippen LogP contribution in [0.2, 0.25) is 0 Å². The first-order chi connectivity index (χ1) is 8.65. The molecule has 1 rings (SSSR count). The van der Waals surface area contributed by atoms with E-state index in [2.05, 4.69) is 26.8 Å². The van der Waals surface area contributed by atoms with Crippen LogP contribution in [-0.2, 0) is 0 Å². The minimum Gasteiger partial charge on any atom is -0.508 e. The van der Waals surface area contributed by atoms with Crippen molar-refractivity contribution in [3.05, 3.63) is 29.3 Å². The van der Waals surface area contributed by atoms with Gasteiger partial charge in [-0.2, -0.15) is 0 Å². The molecule has 0 saturated carbocycles. The number of rotatable bonds is 8. The second kappa shape index (κ2) is 8.18. The number of benzene rings is 1. The summed E-state index contributed by atoms with van der Waals surface area (Å²) >= 11 is 0. The molecule has 0 aromatic heterocycles. The third kappa shape index (κ3) is 5.12. The average Bonchev–Trinajstić information content (AvgIpc) is 2.36. The van der Waals surface area contributed by atoms with E-state index in [1.54, 1.807) is 0 Å². The largest absolute Gasteiger partial charge is 0.508 e. The maximum Gasteiger partial charge on any atom is 0.119 e. The zero-order valence-electron chi connectivity index (χ0n) is 12.2. The van der Waals surface area contributed by atoms with Crippen molar-refractivity contribution in [2.24, 2.45) is 0 Å². The predicted molar refractivity (Wildman–Crippen MR) is 79.3 cm³/mol. The molecule has 1 heteroatoms. The van der Waals surface area contributed by atoms with Gasteiger partial charge >= 0.3 is 0 Å². The quantitative estimate of drug-likeness (QED) is 0.597. The lowest BCUT2D eigenvalue weighted by molar-refractivity contribution is 0.457. The topological polar surface area (TPSA) is 20.2 Å². The van der Waals surface area contributed by atoms with Crippen LogP contribution in [-0.4, -0.2) is 5.11 Å². The Morgan fingerprint density at radius 2 is 1.72 bits per heavy atom. The van der Waals surface area contributed by atoms with Crippen LogP contribution in [0.4, 0.5) is 0 Å². The molecule has 1 N–H and O–H groups in total. The number of phenolic OH excluding ortho intramolecular Hbond substituents is 1. The fourth-order valence-electron chi connectivity index (χ4n) is 2.46. The molecule has 0 aliphatic rings. The van der Waals surface area contributed by atoms with E-state index in [1.807, 2.05) is 12.1 Å². The Morgan fingerprint density at radius 3 is 2.44 bits per heavy atom. The average molecular weight is 248 g/mol. The molecule has 0 fully saturated rings. The van der Waals surface area contributed by atoms with Crippen molar-refractivity contribution in [1.82, 2.24) is 0 Å². The van der Waals surface area contributed by atoms with Crippen LogP contribution in [0.15, 0.2) is 18.2 Å². The molecular formula is C17H28O. The third-order valence-electron chi connectivity index (χ3n) is 3.70.